The summed E-state index contributed by atoms with van der Waals surface area (Å²) in [5.74, 6) is -2.67. The van der Waals surface area contributed by atoms with Crippen molar-refractivity contribution in [1.29, 1.82) is 0 Å². The standard InChI is InChI=1S/C24H15F5N4O3/c25-16-4-3-5-17(12-16)30-21(34)20-22(35)32(13-14-8-10-15(11-9-14)24(27,28)29)23(36)33(31-20)19-7-2-1-6-18(19)26/h1-12H,13H2,(H,30,34). The normalized spacial score (nSPS) is 11.4. The van der Waals surface area contributed by atoms with E-state index in [1.807, 2.05) is 0 Å². The summed E-state index contributed by atoms with van der Waals surface area (Å²) in [5.41, 5.74) is -4.33. The van der Waals surface area contributed by atoms with Gasteiger partial charge in [0.1, 0.15) is 17.3 Å². The Labute approximate surface area is 199 Å². The minimum Gasteiger partial charge on any atom is -0.320 e. The van der Waals surface area contributed by atoms with E-state index >= 15 is 0 Å². The molecule has 0 saturated heterocycles. The van der Waals surface area contributed by atoms with Gasteiger partial charge < -0.3 is 5.32 Å². The fourth-order valence-electron chi connectivity index (χ4n) is 3.32. The van der Waals surface area contributed by atoms with Crippen molar-refractivity contribution in [3.63, 3.8) is 0 Å². The Balaban J connectivity index is 1.83. The Morgan fingerprint density at radius 2 is 1.61 bits per heavy atom. The maximum absolute atomic E-state index is 14.5. The van der Waals surface area contributed by atoms with Gasteiger partial charge in [0.15, 0.2) is 0 Å². The summed E-state index contributed by atoms with van der Waals surface area (Å²) < 4.78 is 67.6. The molecular weight excluding hydrogens is 487 g/mol. The number of hydrogen-bond donors (Lipinski definition) is 1. The summed E-state index contributed by atoms with van der Waals surface area (Å²) in [7, 11) is 0. The summed E-state index contributed by atoms with van der Waals surface area (Å²) in [6, 6.07) is 13.4. The van der Waals surface area contributed by atoms with Crippen LogP contribution in [0.25, 0.3) is 5.69 Å². The van der Waals surface area contributed by atoms with Crippen molar-refractivity contribution in [2.24, 2.45) is 0 Å². The molecule has 4 aromatic rings. The summed E-state index contributed by atoms with van der Waals surface area (Å²) in [6.07, 6.45) is -4.59. The molecule has 36 heavy (non-hydrogen) atoms. The fourth-order valence-corrected chi connectivity index (χ4v) is 3.32. The zero-order valence-corrected chi connectivity index (χ0v) is 18.1. The van der Waals surface area contributed by atoms with Crippen molar-refractivity contribution in [2.45, 2.75) is 12.7 Å². The number of aromatic nitrogens is 3. The number of hydrogen-bond acceptors (Lipinski definition) is 4. The molecule has 1 N–H and O–H groups in total. The van der Waals surface area contributed by atoms with Crippen LogP contribution in [0.5, 0.6) is 0 Å². The van der Waals surface area contributed by atoms with Gasteiger partial charge in [0, 0.05) is 5.69 Å². The molecule has 0 bridgehead atoms. The molecule has 1 amide bonds. The van der Waals surface area contributed by atoms with Crippen LogP contribution in [0.3, 0.4) is 0 Å². The number of amides is 1. The molecule has 7 nitrogen and oxygen atoms in total. The predicted octanol–water partition coefficient (Wildman–Crippen LogP) is 3.99. The highest BCUT2D eigenvalue weighted by atomic mass is 19.4. The second-order valence-electron chi connectivity index (χ2n) is 7.54. The van der Waals surface area contributed by atoms with Gasteiger partial charge in [0.25, 0.3) is 11.5 Å². The Kier molecular flexibility index (Phi) is 6.51. The van der Waals surface area contributed by atoms with E-state index < -0.39 is 52.8 Å². The number of anilines is 1. The van der Waals surface area contributed by atoms with Crippen LogP contribution in [-0.2, 0) is 12.7 Å². The highest BCUT2D eigenvalue weighted by Gasteiger charge is 2.30. The van der Waals surface area contributed by atoms with Gasteiger partial charge >= 0.3 is 11.9 Å². The zero-order chi connectivity index (χ0) is 26.0. The molecule has 1 heterocycles. The molecule has 0 fully saturated rings. The molecule has 0 aliphatic rings. The molecule has 1 aromatic heterocycles. The molecule has 0 spiro atoms. The van der Waals surface area contributed by atoms with E-state index in [1.165, 1.54) is 30.3 Å². The Morgan fingerprint density at radius 3 is 2.25 bits per heavy atom. The first kappa shape index (κ1) is 24.5. The van der Waals surface area contributed by atoms with Crippen LogP contribution in [0.4, 0.5) is 27.6 Å². The Hall–Kier alpha value is -4.61. The number of halogens is 5. The maximum Gasteiger partial charge on any atom is 0.416 e. The van der Waals surface area contributed by atoms with Crippen molar-refractivity contribution < 1.29 is 26.7 Å². The van der Waals surface area contributed by atoms with Gasteiger partial charge in [-0.15, -0.1) is 0 Å². The van der Waals surface area contributed by atoms with Crippen LogP contribution in [0.2, 0.25) is 0 Å². The SMILES string of the molecule is O=C(Nc1cccc(F)c1)c1nn(-c2ccccc2F)c(=O)n(Cc2ccc(C(F)(F)F)cc2)c1=O. The lowest BCUT2D eigenvalue weighted by Crippen LogP contribution is -2.45. The van der Waals surface area contributed by atoms with Gasteiger partial charge in [-0.05, 0) is 48.0 Å². The molecule has 0 aliphatic heterocycles. The van der Waals surface area contributed by atoms with Gasteiger partial charge in [-0.1, -0.05) is 30.3 Å². The minimum absolute atomic E-state index is 0.0147. The molecule has 0 unspecified atom stereocenters. The van der Waals surface area contributed by atoms with E-state index in [9.17, 15) is 36.3 Å². The third-order valence-corrected chi connectivity index (χ3v) is 5.06. The predicted molar refractivity (Wildman–Crippen MR) is 119 cm³/mol. The van der Waals surface area contributed by atoms with Crippen molar-refractivity contribution in [3.05, 3.63) is 122 Å². The lowest BCUT2D eigenvalue weighted by molar-refractivity contribution is -0.137. The molecule has 0 saturated carbocycles. The first-order valence-electron chi connectivity index (χ1n) is 10.3. The number of rotatable bonds is 5. The van der Waals surface area contributed by atoms with Crippen LogP contribution in [0, 0.1) is 11.6 Å². The van der Waals surface area contributed by atoms with E-state index in [4.69, 9.17) is 0 Å². The average Bonchev–Trinajstić information content (AvgIpc) is 2.82. The number of nitrogens with zero attached hydrogens (tertiary/aromatic N) is 3. The van der Waals surface area contributed by atoms with Gasteiger partial charge in [-0.2, -0.15) is 23.0 Å². The molecule has 0 radical (unpaired) electrons. The summed E-state index contributed by atoms with van der Waals surface area (Å²) >= 11 is 0. The molecule has 4 rings (SSSR count). The van der Waals surface area contributed by atoms with Crippen LogP contribution < -0.4 is 16.6 Å². The quantitative estimate of drug-likeness (QED) is 0.419. The summed E-state index contributed by atoms with van der Waals surface area (Å²) in [6.45, 7) is -0.535. The monoisotopic (exact) mass is 502 g/mol. The molecule has 184 valence electrons. The van der Waals surface area contributed by atoms with Gasteiger partial charge in [0.2, 0.25) is 5.69 Å². The first-order chi connectivity index (χ1) is 17.0. The number of nitrogens with one attached hydrogen (secondary N) is 1. The molecular formula is C24H15F5N4O3. The van der Waals surface area contributed by atoms with E-state index in [-0.39, 0.29) is 16.9 Å². The lowest BCUT2D eigenvalue weighted by Gasteiger charge is -2.13. The lowest BCUT2D eigenvalue weighted by atomic mass is 10.1. The Bertz CT molecular complexity index is 1560. The number of alkyl halides is 3. The van der Waals surface area contributed by atoms with Crippen LogP contribution in [0.15, 0.2) is 82.4 Å². The van der Waals surface area contributed by atoms with Crippen LogP contribution >= 0.6 is 0 Å². The first-order valence-corrected chi connectivity index (χ1v) is 10.3. The van der Waals surface area contributed by atoms with Crippen molar-refractivity contribution in [3.8, 4) is 5.69 Å². The van der Waals surface area contributed by atoms with E-state index in [0.29, 0.717) is 9.25 Å². The fraction of sp³-hybridized carbons (Fsp3) is 0.0833. The van der Waals surface area contributed by atoms with Gasteiger partial charge in [0.05, 0.1) is 12.1 Å². The molecule has 12 heteroatoms. The number of para-hydroxylation sites is 1. The summed E-state index contributed by atoms with van der Waals surface area (Å²) in [5, 5.41) is 6.03. The second-order valence-corrected chi connectivity index (χ2v) is 7.54. The number of carbonyl (C=O) groups is 1. The van der Waals surface area contributed by atoms with Gasteiger partial charge in [-0.3, -0.25) is 14.2 Å². The molecule has 0 atom stereocenters. The smallest absolute Gasteiger partial charge is 0.320 e. The topological polar surface area (TPSA) is 86.0 Å². The second kappa shape index (κ2) is 9.56. The van der Waals surface area contributed by atoms with E-state index in [1.54, 1.807) is 0 Å². The summed E-state index contributed by atoms with van der Waals surface area (Å²) in [4.78, 5) is 39.0. The largest absolute Gasteiger partial charge is 0.416 e. The highest BCUT2D eigenvalue weighted by molar-refractivity contribution is 6.02. The third-order valence-electron chi connectivity index (χ3n) is 5.06. The molecule has 0 aliphatic carbocycles. The van der Waals surface area contributed by atoms with Crippen molar-refractivity contribution >= 4 is 11.6 Å². The van der Waals surface area contributed by atoms with Crippen molar-refractivity contribution in [2.75, 3.05) is 5.32 Å². The maximum atomic E-state index is 14.5. The van der Waals surface area contributed by atoms with Crippen LogP contribution in [-0.4, -0.2) is 20.3 Å². The zero-order valence-electron chi connectivity index (χ0n) is 18.1. The van der Waals surface area contributed by atoms with Gasteiger partial charge in [-0.25, -0.2) is 13.6 Å². The highest BCUT2D eigenvalue weighted by Crippen LogP contribution is 2.29. The Morgan fingerprint density at radius 1 is 0.917 bits per heavy atom. The number of benzene rings is 3. The third kappa shape index (κ3) is 5.06. The average molecular weight is 502 g/mol. The van der Waals surface area contributed by atoms with Crippen LogP contribution in [0.1, 0.15) is 21.6 Å². The van der Waals surface area contributed by atoms with E-state index in [2.05, 4.69) is 10.4 Å². The number of carbonyl (C=O) groups excluding carboxylic acids is 1. The van der Waals surface area contributed by atoms with E-state index in [0.717, 1.165) is 42.5 Å². The van der Waals surface area contributed by atoms with Crippen molar-refractivity contribution in [1.82, 2.24) is 14.3 Å². The minimum atomic E-state index is -4.59. The molecule has 3 aromatic carbocycles.